The first-order valence-corrected chi connectivity index (χ1v) is 7.49. The molecule has 5 heteroatoms. The molecule has 0 saturated heterocycles. The third kappa shape index (κ3) is 8.60. The minimum atomic E-state index is -0.914. The van der Waals surface area contributed by atoms with Crippen LogP contribution in [0.1, 0.15) is 59.3 Å². The second kappa shape index (κ2) is 8.93. The largest absolute Gasteiger partial charge is 0.481 e. The lowest BCUT2D eigenvalue weighted by Crippen LogP contribution is -2.23. The minimum absolute atomic E-state index is 0.540. The average Bonchev–Trinajstić information content (AvgIpc) is 2.36. The maximum absolute atomic E-state index is 10.9. The number of carboxylic acid groups (broad SMARTS) is 2. The van der Waals surface area contributed by atoms with Gasteiger partial charge in [-0.05, 0) is 46.5 Å². The third-order valence-corrected chi connectivity index (χ3v) is 3.70. The molecule has 122 valence electrons. The highest BCUT2D eigenvalue weighted by Crippen LogP contribution is 2.24. The standard InChI is InChI=1S/C16H28O5/c1-15(2,13(17)18)9-5-7-11-21-12-8-6-10-16(3,4)14(19)20/h1,5-12H2,2-4H3,(H-,17,18,19,20)/p+1. The van der Waals surface area contributed by atoms with Gasteiger partial charge in [0.05, 0.1) is 12.3 Å². The normalized spacial score (nSPS) is 14.6. The molecule has 0 spiro atoms. The Bertz CT molecular complexity index is 302. The minimum Gasteiger partial charge on any atom is -0.481 e. The van der Waals surface area contributed by atoms with Gasteiger partial charge in [0.2, 0.25) is 0 Å². The van der Waals surface area contributed by atoms with Crippen LogP contribution in [0.15, 0.2) is 0 Å². The summed E-state index contributed by atoms with van der Waals surface area (Å²) in [4.78, 5) is 21.8. The molecule has 0 fully saturated rings. The van der Waals surface area contributed by atoms with Gasteiger partial charge < -0.3 is 14.9 Å². The zero-order valence-electron chi connectivity index (χ0n) is 13.5. The molecule has 0 aromatic carbocycles. The monoisotopic (exact) mass is 301 g/mol. The van der Waals surface area contributed by atoms with Crippen LogP contribution >= 0.6 is 0 Å². The van der Waals surface area contributed by atoms with Crippen molar-refractivity contribution in [1.29, 1.82) is 0 Å². The molecule has 0 rings (SSSR count). The number of ether oxygens (including phenoxy) is 1. The molecule has 5 nitrogen and oxygen atoms in total. The maximum atomic E-state index is 10.9. The number of carboxylic acids is 2. The molecule has 0 aromatic rings. The van der Waals surface area contributed by atoms with Crippen molar-refractivity contribution in [2.45, 2.75) is 59.3 Å². The Balaban J connectivity index is 3.50. The van der Waals surface area contributed by atoms with Crippen LogP contribution in [-0.2, 0) is 14.3 Å². The van der Waals surface area contributed by atoms with Crippen LogP contribution < -0.4 is 0 Å². The molecule has 0 bridgehead atoms. The SMILES string of the molecule is [CH2+]C(C)(CCCCOCCCCC(C)(C)C(=O)O)C(=O)O. The van der Waals surface area contributed by atoms with E-state index in [2.05, 4.69) is 6.92 Å². The molecule has 0 amide bonds. The molecule has 0 aliphatic carbocycles. The van der Waals surface area contributed by atoms with Crippen LogP contribution in [-0.4, -0.2) is 35.4 Å². The van der Waals surface area contributed by atoms with E-state index in [9.17, 15) is 9.59 Å². The quantitative estimate of drug-likeness (QED) is 0.426. The molecule has 0 aromatic heterocycles. The summed E-state index contributed by atoms with van der Waals surface area (Å²) in [5.74, 6) is -1.64. The van der Waals surface area contributed by atoms with Gasteiger partial charge in [-0.1, -0.05) is 6.42 Å². The van der Waals surface area contributed by atoms with E-state index in [1.54, 1.807) is 20.8 Å². The Morgan fingerprint density at radius 1 is 0.905 bits per heavy atom. The van der Waals surface area contributed by atoms with E-state index in [0.29, 0.717) is 26.1 Å². The smallest absolute Gasteiger partial charge is 0.354 e. The second-order valence-electron chi connectivity index (χ2n) is 6.58. The van der Waals surface area contributed by atoms with Crippen molar-refractivity contribution in [2.24, 2.45) is 10.8 Å². The van der Waals surface area contributed by atoms with E-state index in [-0.39, 0.29) is 0 Å². The molecule has 1 atom stereocenters. The van der Waals surface area contributed by atoms with E-state index in [1.807, 2.05) is 0 Å². The molecule has 2 N–H and O–H groups in total. The molecule has 1 unspecified atom stereocenters. The molecule has 0 radical (unpaired) electrons. The summed E-state index contributed by atoms with van der Waals surface area (Å²) < 4.78 is 5.47. The topological polar surface area (TPSA) is 83.8 Å². The number of rotatable bonds is 12. The predicted molar refractivity (Wildman–Crippen MR) is 81.0 cm³/mol. The Labute approximate surface area is 127 Å². The second-order valence-corrected chi connectivity index (χ2v) is 6.58. The van der Waals surface area contributed by atoms with Gasteiger partial charge in [0.25, 0.3) is 0 Å². The van der Waals surface area contributed by atoms with Crippen molar-refractivity contribution < 1.29 is 24.5 Å². The van der Waals surface area contributed by atoms with E-state index in [1.165, 1.54) is 0 Å². The lowest BCUT2D eigenvalue weighted by atomic mass is 9.87. The summed E-state index contributed by atoms with van der Waals surface area (Å²) in [6.45, 7) is 9.99. The Morgan fingerprint density at radius 2 is 1.38 bits per heavy atom. The van der Waals surface area contributed by atoms with E-state index in [0.717, 1.165) is 25.7 Å². The number of hydrogen-bond acceptors (Lipinski definition) is 3. The predicted octanol–water partition coefficient (Wildman–Crippen LogP) is 3.38. The highest BCUT2D eigenvalue weighted by atomic mass is 16.5. The van der Waals surface area contributed by atoms with Gasteiger partial charge in [-0.25, -0.2) is 4.79 Å². The van der Waals surface area contributed by atoms with Gasteiger partial charge in [-0.2, -0.15) is 0 Å². The van der Waals surface area contributed by atoms with Crippen molar-refractivity contribution in [3.8, 4) is 0 Å². The summed E-state index contributed by atoms with van der Waals surface area (Å²) in [6, 6.07) is 0. The molecular weight excluding hydrogens is 272 g/mol. The summed E-state index contributed by atoms with van der Waals surface area (Å²) in [6.07, 6.45) is 4.45. The van der Waals surface area contributed by atoms with Gasteiger partial charge in [-0.15, -0.1) is 0 Å². The average molecular weight is 301 g/mol. The molecule has 21 heavy (non-hydrogen) atoms. The van der Waals surface area contributed by atoms with Gasteiger partial charge in [0, 0.05) is 19.6 Å². The molecule has 0 saturated carbocycles. The summed E-state index contributed by atoms with van der Waals surface area (Å²) in [7, 11) is 0. The lowest BCUT2D eigenvalue weighted by molar-refractivity contribution is -0.147. The van der Waals surface area contributed by atoms with Gasteiger partial charge in [0.15, 0.2) is 5.41 Å². The molecule has 0 heterocycles. The van der Waals surface area contributed by atoms with Crippen LogP contribution in [0.4, 0.5) is 0 Å². The van der Waals surface area contributed by atoms with E-state index >= 15 is 0 Å². The van der Waals surface area contributed by atoms with Crippen LogP contribution in [0.2, 0.25) is 0 Å². The number of hydrogen-bond donors (Lipinski definition) is 2. The van der Waals surface area contributed by atoms with Crippen LogP contribution in [0.5, 0.6) is 0 Å². The van der Waals surface area contributed by atoms with Crippen LogP contribution in [0.25, 0.3) is 0 Å². The highest BCUT2D eigenvalue weighted by molar-refractivity contribution is 5.74. The molecule has 0 aliphatic rings. The fraction of sp³-hybridized carbons (Fsp3) is 0.812. The van der Waals surface area contributed by atoms with Crippen LogP contribution in [0, 0.1) is 17.8 Å². The fourth-order valence-corrected chi connectivity index (χ4v) is 1.81. The van der Waals surface area contributed by atoms with Gasteiger partial charge in [0.1, 0.15) is 0 Å². The third-order valence-electron chi connectivity index (χ3n) is 3.70. The van der Waals surface area contributed by atoms with Crippen molar-refractivity contribution in [2.75, 3.05) is 13.2 Å². The van der Waals surface area contributed by atoms with Crippen molar-refractivity contribution in [3.05, 3.63) is 6.92 Å². The molecule has 0 aliphatic heterocycles. The first-order valence-electron chi connectivity index (χ1n) is 7.49. The number of aliphatic carboxylic acids is 2. The summed E-state index contributed by atoms with van der Waals surface area (Å²) in [5, 5.41) is 17.9. The van der Waals surface area contributed by atoms with Crippen molar-refractivity contribution >= 4 is 11.9 Å². The van der Waals surface area contributed by atoms with Crippen molar-refractivity contribution in [3.63, 3.8) is 0 Å². The summed E-state index contributed by atoms with van der Waals surface area (Å²) in [5.41, 5.74) is -1.59. The molecular formula is C16H29O5+. The Morgan fingerprint density at radius 3 is 1.81 bits per heavy atom. The fourth-order valence-electron chi connectivity index (χ4n) is 1.81. The Hall–Kier alpha value is -1.23. The Kier molecular flexibility index (Phi) is 8.40. The maximum Gasteiger partial charge on any atom is 0.354 e. The van der Waals surface area contributed by atoms with Crippen molar-refractivity contribution in [1.82, 2.24) is 0 Å². The first-order chi connectivity index (χ1) is 9.59. The zero-order valence-corrected chi connectivity index (χ0v) is 13.5. The van der Waals surface area contributed by atoms with Gasteiger partial charge in [-0.3, -0.25) is 4.79 Å². The van der Waals surface area contributed by atoms with Gasteiger partial charge >= 0.3 is 11.9 Å². The van der Waals surface area contributed by atoms with E-state index < -0.39 is 22.8 Å². The lowest BCUT2D eigenvalue weighted by Gasteiger charge is -2.18. The highest BCUT2D eigenvalue weighted by Gasteiger charge is 2.34. The number of carbonyl (C=O) groups is 2. The van der Waals surface area contributed by atoms with E-state index in [4.69, 9.17) is 14.9 Å². The zero-order chi connectivity index (χ0) is 16.5. The summed E-state index contributed by atoms with van der Waals surface area (Å²) >= 11 is 0. The van der Waals surface area contributed by atoms with Crippen LogP contribution in [0.3, 0.4) is 0 Å². The first kappa shape index (κ1) is 19.8. The number of unbranched alkanes of at least 4 members (excludes halogenated alkanes) is 2.